The highest BCUT2D eigenvalue weighted by Gasteiger charge is 2.24. The lowest BCUT2D eigenvalue weighted by atomic mass is 10.2. The van der Waals surface area contributed by atoms with Crippen molar-refractivity contribution in [2.45, 2.75) is 20.3 Å². The Morgan fingerprint density at radius 2 is 1.84 bits per heavy atom. The lowest BCUT2D eigenvalue weighted by Gasteiger charge is -2.07. The first kappa shape index (κ1) is 15.1. The molecule has 1 aromatic heterocycles. The molecular weight excluding hydrogens is 250 g/mol. The molecule has 0 aliphatic carbocycles. The van der Waals surface area contributed by atoms with Crippen LogP contribution in [0.1, 0.15) is 29.9 Å². The van der Waals surface area contributed by atoms with Crippen molar-refractivity contribution in [2.24, 2.45) is 7.05 Å². The molecule has 1 aromatic rings. The minimum Gasteiger partial charge on any atom is -0.494 e. The predicted molar refractivity (Wildman–Crippen MR) is 68.3 cm³/mol. The molecule has 0 aliphatic heterocycles. The summed E-state index contributed by atoms with van der Waals surface area (Å²) in [6.07, 6.45) is 1.64. The van der Waals surface area contributed by atoms with Crippen LogP contribution in [0.5, 0.6) is 5.75 Å². The monoisotopic (exact) mass is 269 g/mol. The highest BCUT2D eigenvalue weighted by Crippen LogP contribution is 2.26. The maximum atomic E-state index is 11.9. The maximum Gasteiger partial charge on any atom is 0.343 e. The topological polar surface area (TPSA) is 66.8 Å². The molecule has 0 radical (unpaired) electrons. The highest BCUT2D eigenvalue weighted by atomic mass is 16.5. The Labute approximate surface area is 112 Å². The van der Waals surface area contributed by atoms with Crippen molar-refractivity contribution in [1.82, 2.24) is 4.57 Å². The number of carbonyl (C=O) groups is 2. The van der Waals surface area contributed by atoms with E-state index >= 15 is 0 Å². The van der Waals surface area contributed by atoms with Gasteiger partial charge < -0.3 is 18.8 Å². The van der Waals surface area contributed by atoms with Gasteiger partial charge in [-0.05, 0) is 13.8 Å². The van der Waals surface area contributed by atoms with Gasteiger partial charge in [-0.2, -0.15) is 0 Å². The second kappa shape index (κ2) is 6.82. The summed E-state index contributed by atoms with van der Waals surface area (Å²) in [6, 6.07) is 0. The van der Waals surface area contributed by atoms with E-state index in [1.807, 2.05) is 0 Å². The van der Waals surface area contributed by atoms with E-state index in [-0.39, 0.29) is 18.6 Å². The Balaban J connectivity index is 3.10. The fourth-order valence-corrected chi connectivity index (χ4v) is 1.78. The third-order valence-corrected chi connectivity index (χ3v) is 2.59. The molecule has 1 heterocycles. The molecule has 0 fully saturated rings. The van der Waals surface area contributed by atoms with Gasteiger partial charge in [0.15, 0.2) is 5.75 Å². The molecule has 0 unspecified atom stereocenters. The van der Waals surface area contributed by atoms with E-state index in [9.17, 15) is 9.59 Å². The predicted octanol–water partition coefficient (Wildman–Crippen LogP) is 1.32. The molecule has 0 N–H and O–H groups in total. The maximum absolute atomic E-state index is 11.9. The first-order chi connectivity index (χ1) is 9.04. The SMILES string of the molecule is CCOC(=O)Cc1c(C(=O)OCC)c(OC)cn1C. The lowest BCUT2D eigenvalue weighted by Crippen LogP contribution is -2.15. The number of ether oxygens (including phenoxy) is 3. The number of carbonyl (C=O) groups excluding carboxylic acids is 2. The number of methoxy groups -OCH3 is 1. The van der Waals surface area contributed by atoms with E-state index in [2.05, 4.69) is 0 Å². The highest BCUT2D eigenvalue weighted by molar-refractivity contribution is 5.95. The van der Waals surface area contributed by atoms with Crippen LogP contribution >= 0.6 is 0 Å². The summed E-state index contributed by atoms with van der Waals surface area (Å²) >= 11 is 0. The number of rotatable bonds is 6. The van der Waals surface area contributed by atoms with Crippen molar-refractivity contribution in [2.75, 3.05) is 20.3 Å². The second-order valence-corrected chi connectivity index (χ2v) is 3.83. The van der Waals surface area contributed by atoms with Crippen molar-refractivity contribution >= 4 is 11.9 Å². The summed E-state index contributed by atoms with van der Waals surface area (Å²) in [5.74, 6) is -0.503. The molecule has 0 bridgehead atoms. The summed E-state index contributed by atoms with van der Waals surface area (Å²) in [7, 11) is 3.20. The number of hydrogen-bond donors (Lipinski definition) is 0. The van der Waals surface area contributed by atoms with E-state index in [1.54, 1.807) is 31.7 Å². The van der Waals surface area contributed by atoms with Crippen LogP contribution in [0.25, 0.3) is 0 Å². The van der Waals surface area contributed by atoms with Gasteiger partial charge in [-0.3, -0.25) is 4.79 Å². The summed E-state index contributed by atoms with van der Waals surface area (Å²) in [6.45, 7) is 4.01. The third kappa shape index (κ3) is 3.49. The van der Waals surface area contributed by atoms with E-state index in [0.717, 1.165) is 0 Å². The van der Waals surface area contributed by atoms with Gasteiger partial charge in [-0.15, -0.1) is 0 Å². The number of aromatic nitrogens is 1. The van der Waals surface area contributed by atoms with E-state index in [4.69, 9.17) is 14.2 Å². The van der Waals surface area contributed by atoms with Crippen LogP contribution in [0.15, 0.2) is 6.20 Å². The number of nitrogens with zero attached hydrogens (tertiary/aromatic N) is 1. The fraction of sp³-hybridized carbons (Fsp3) is 0.538. The number of esters is 2. The average Bonchev–Trinajstić information content (AvgIpc) is 2.67. The van der Waals surface area contributed by atoms with Crippen molar-refractivity contribution in [3.05, 3.63) is 17.5 Å². The Bertz CT molecular complexity index is 464. The first-order valence-corrected chi connectivity index (χ1v) is 6.10. The summed E-state index contributed by atoms with van der Waals surface area (Å²) < 4.78 is 16.7. The number of hydrogen-bond acceptors (Lipinski definition) is 5. The van der Waals surface area contributed by atoms with Crippen molar-refractivity contribution in [3.63, 3.8) is 0 Å². The van der Waals surface area contributed by atoms with Crippen molar-refractivity contribution in [3.8, 4) is 5.75 Å². The van der Waals surface area contributed by atoms with E-state index in [1.165, 1.54) is 7.11 Å². The van der Waals surface area contributed by atoms with Crippen LogP contribution in [-0.2, 0) is 27.7 Å². The zero-order chi connectivity index (χ0) is 14.4. The molecule has 0 spiro atoms. The van der Waals surface area contributed by atoms with Crippen LogP contribution in [0.2, 0.25) is 0 Å². The van der Waals surface area contributed by atoms with Crippen LogP contribution in [-0.4, -0.2) is 36.8 Å². The third-order valence-electron chi connectivity index (χ3n) is 2.59. The Morgan fingerprint density at radius 1 is 1.21 bits per heavy atom. The molecule has 6 heteroatoms. The lowest BCUT2D eigenvalue weighted by molar-refractivity contribution is -0.142. The largest absolute Gasteiger partial charge is 0.494 e. The van der Waals surface area contributed by atoms with Gasteiger partial charge in [0.05, 0.1) is 26.7 Å². The molecule has 0 atom stereocenters. The van der Waals surface area contributed by atoms with E-state index in [0.29, 0.717) is 18.1 Å². The second-order valence-electron chi connectivity index (χ2n) is 3.83. The summed E-state index contributed by atoms with van der Waals surface area (Å²) in [4.78, 5) is 23.5. The van der Waals surface area contributed by atoms with Gasteiger partial charge >= 0.3 is 11.9 Å². The zero-order valence-electron chi connectivity index (χ0n) is 11.7. The average molecular weight is 269 g/mol. The molecule has 0 saturated carbocycles. The van der Waals surface area contributed by atoms with Crippen LogP contribution in [0.3, 0.4) is 0 Å². The van der Waals surface area contributed by atoms with Crippen LogP contribution in [0, 0.1) is 0 Å². The van der Waals surface area contributed by atoms with Crippen LogP contribution in [0.4, 0.5) is 0 Å². The normalized spacial score (nSPS) is 10.1. The van der Waals surface area contributed by atoms with E-state index < -0.39 is 11.9 Å². The van der Waals surface area contributed by atoms with Crippen molar-refractivity contribution < 1.29 is 23.8 Å². The van der Waals surface area contributed by atoms with Gasteiger partial charge in [0, 0.05) is 18.9 Å². The smallest absolute Gasteiger partial charge is 0.343 e. The van der Waals surface area contributed by atoms with Crippen LogP contribution < -0.4 is 4.74 Å². The standard InChI is InChI=1S/C13H19NO5/c1-5-18-11(15)7-9-12(13(16)19-6-2)10(17-4)8-14(9)3/h8H,5-7H2,1-4H3. The Morgan fingerprint density at radius 3 is 2.37 bits per heavy atom. The molecule has 0 amide bonds. The summed E-state index contributed by atoms with van der Waals surface area (Å²) in [5, 5.41) is 0. The molecule has 6 nitrogen and oxygen atoms in total. The van der Waals surface area contributed by atoms with Gasteiger partial charge in [0.25, 0.3) is 0 Å². The minimum atomic E-state index is -0.501. The molecule has 19 heavy (non-hydrogen) atoms. The minimum absolute atomic E-state index is 0.00183. The fourth-order valence-electron chi connectivity index (χ4n) is 1.78. The van der Waals surface area contributed by atoms with Gasteiger partial charge in [0.2, 0.25) is 0 Å². The van der Waals surface area contributed by atoms with Gasteiger partial charge in [0.1, 0.15) is 5.56 Å². The number of aryl methyl sites for hydroxylation is 1. The molecule has 0 aliphatic rings. The summed E-state index contributed by atoms with van der Waals surface area (Å²) in [5.41, 5.74) is 0.800. The van der Waals surface area contributed by atoms with Gasteiger partial charge in [-0.25, -0.2) is 4.79 Å². The van der Waals surface area contributed by atoms with Crippen molar-refractivity contribution in [1.29, 1.82) is 0 Å². The first-order valence-electron chi connectivity index (χ1n) is 6.10. The molecular formula is C13H19NO5. The molecule has 0 aromatic carbocycles. The molecule has 0 saturated heterocycles. The Kier molecular flexibility index (Phi) is 5.41. The van der Waals surface area contributed by atoms with Gasteiger partial charge in [-0.1, -0.05) is 0 Å². The molecule has 1 rings (SSSR count). The quantitative estimate of drug-likeness (QED) is 0.728. The Hall–Kier alpha value is -1.98. The molecule has 106 valence electrons. The zero-order valence-corrected chi connectivity index (χ0v) is 11.7.